The van der Waals surface area contributed by atoms with Gasteiger partial charge in [0.2, 0.25) is 0 Å². The summed E-state index contributed by atoms with van der Waals surface area (Å²) in [5.41, 5.74) is 3.72. The highest BCUT2D eigenvalue weighted by molar-refractivity contribution is 6.34. The third-order valence-electron chi connectivity index (χ3n) is 4.14. The molecule has 140 valence electrons. The number of carbonyl (C=O) groups is 1. The molecular weight excluding hydrogens is 352 g/mol. The van der Waals surface area contributed by atoms with E-state index in [-0.39, 0.29) is 5.91 Å². The normalized spacial score (nSPS) is 11.8. The van der Waals surface area contributed by atoms with Crippen LogP contribution >= 0.6 is 11.6 Å². The lowest BCUT2D eigenvalue weighted by atomic mass is 10.1. The maximum Gasteiger partial charge on any atom is 0.279 e. The first kappa shape index (κ1) is 20.1. The van der Waals surface area contributed by atoms with Crippen molar-refractivity contribution in [2.24, 2.45) is 0 Å². The molecule has 1 atom stereocenters. The van der Waals surface area contributed by atoms with E-state index >= 15 is 0 Å². The molecule has 0 saturated heterocycles. The molecule has 1 unspecified atom stereocenters. The summed E-state index contributed by atoms with van der Waals surface area (Å²) in [5, 5.41) is 3.49. The number of amides is 1. The molecule has 26 heavy (non-hydrogen) atoms. The highest BCUT2D eigenvalue weighted by atomic mass is 35.5. The van der Waals surface area contributed by atoms with Crippen LogP contribution in [0.1, 0.15) is 16.7 Å². The van der Waals surface area contributed by atoms with Gasteiger partial charge in [-0.05, 0) is 43.2 Å². The third-order valence-corrected chi connectivity index (χ3v) is 4.44. The molecule has 5 nitrogen and oxygen atoms in total. The molecule has 0 aliphatic carbocycles. The van der Waals surface area contributed by atoms with Gasteiger partial charge in [-0.25, -0.2) is 0 Å². The van der Waals surface area contributed by atoms with Crippen LogP contribution in [0.5, 0.6) is 11.5 Å². The highest BCUT2D eigenvalue weighted by Gasteiger charge is 2.16. The Balaban J connectivity index is 2.02. The molecule has 0 aliphatic heterocycles. The number of nitrogens with one attached hydrogen (secondary N) is 2. The zero-order valence-electron chi connectivity index (χ0n) is 15.9. The van der Waals surface area contributed by atoms with Gasteiger partial charge in [0.25, 0.3) is 5.91 Å². The molecule has 0 bridgehead atoms. The Hall–Kier alpha value is -2.24. The number of rotatable bonds is 7. The topological polar surface area (TPSA) is 52.0 Å². The Bertz CT molecular complexity index is 770. The Morgan fingerprint density at radius 2 is 1.88 bits per heavy atom. The Labute approximate surface area is 159 Å². The molecule has 0 radical (unpaired) electrons. The van der Waals surface area contributed by atoms with Crippen molar-refractivity contribution >= 4 is 23.2 Å². The Kier molecular flexibility index (Phi) is 6.89. The molecule has 0 saturated carbocycles. The molecule has 2 N–H and O–H groups in total. The van der Waals surface area contributed by atoms with Crippen molar-refractivity contribution in [3.8, 4) is 11.5 Å². The standard InChI is InChI=1S/C20H25ClN2O3/c1-13-8-14(2)20(17(21)9-13)22-19(24)12-23(3)11-15-6-7-16(25-4)10-18(15)26-5/h6-10H,11-12H2,1-5H3,(H,22,24)/p+1. The van der Waals surface area contributed by atoms with Crippen molar-refractivity contribution in [1.82, 2.24) is 0 Å². The van der Waals surface area contributed by atoms with Gasteiger partial charge in [-0.1, -0.05) is 17.7 Å². The van der Waals surface area contributed by atoms with E-state index in [0.717, 1.165) is 33.1 Å². The number of quaternary nitrogens is 1. The molecule has 0 aromatic heterocycles. The largest absolute Gasteiger partial charge is 0.497 e. The SMILES string of the molecule is COc1ccc(C[NH+](C)CC(=O)Nc2c(C)cc(C)cc2Cl)c(OC)c1. The van der Waals surface area contributed by atoms with E-state index in [1.54, 1.807) is 14.2 Å². The number of hydrogen-bond acceptors (Lipinski definition) is 3. The van der Waals surface area contributed by atoms with Crippen LogP contribution in [0.25, 0.3) is 0 Å². The number of hydrogen-bond donors (Lipinski definition) is 2. The molecule has 1 amide bonds. The summed E-state index contributed by atoms with van der Waals surface area (Å²) in [4.78, 5) is 13.4. The van der Waals surface area contributed by atoms with E-state index in [1.807, 2.05) is 51.2 Å². The summed E-state index contributed by atoms with van der Waals surface area (Å²) in [6, 6.07) is 9.54. The minimum absolute atomic E-state index is 0.0798. The first-order chi connectivity index (χ1) is 12.3. The van der Waals surface area contributed by atoms with E-state index < -0.39 is 0 Å². The number of likely N-dealkylation sites (N-methyl/N-ethyl adjacent to an activating group) is 1. The quantitative estimate of drug-likeness (QED) is 0.780. The second-order valence-electron chi connectivity index (χ2n) is 6.48. The number of aryl methyl sites for hydroxylation is 2. The Morgan fingerprint density at radius 1 is 1.15 bits per heavy atom. The van der Waals surface area contributed by atoms with E-state index in [2.05, 4.69) is 5.32 Å². The molecule has 2 rings (SSSR count). The van der Waals surface area contributed by atoms with Crippen molar-refractivity contribution in [3.63, 3.8) is 0 Å². The molecule has 2 aromatic carbocycles. The first-order valence-electron chi connectivity index (χ1n) is 8.42. The Morgan fingerprint density at radius 3 is 2.50 bits per heavy atom. The van der Waals surface area contributed by atoms with Crippen LogP contribution in [0.15, 0.2) is 30.3 Å². The van der Waals surface area contributed by atoms with Crippen molar-refractivity contribution in [3.05, 3.63) is 52.0 Å². The third kappa shape index (κ3) is 5.13. The summed E-state index contributed by atoms with van der Waals surface area (Å²) in [5.74, 6) is 1.41. The van der Waals surface area contributed by atoms with Crippen molar-refractivity contribution in [1.29, 1.82) is 0 Å². The summed E-state index contributed by atoms with van der Waals surface area (Å²) in [6.45, 7) is 4.89. The van der Waals surface area contributed by atoms with Gasteiger partial charge < -0.3 is 19.7 Å². The van der Waals surface area contributed by atoms with Crippen LogP contribution in [0, 0.1) is 13.8 Å². The van der Waals surface area contributed by atoms with Gasteiger partial charge >= 0.3 is 0 Å². The summed E-state index contributed by atoms with van der Waals surface area (Å²) >= 11 is 6.26. The number of carbonyl (C=O) groups excluding carboxylic acids is 1. The van der Waals surface area contributed by atoms with Crippen LogP contribution in [0.2, 0.25) is 5.02 Å². The summed E-state index contributed by atoms with van der Waals surface area (Å²) in [7, 11) is 5.21. The summed E-state index contributed by atoms with van der Waals surface area (Å²) in [6.07, 6.45) is 0. The lowest BCUT2D eigenvalue weighted by Gasteiger charge is -2.17. The van der Waals surface area contributed by atoms with Crippen molar-refractivity contribution < 1.29 is 19.2 Å². The maximum atomic E-state index is 12.4. The van der Waals surface area contributed by atoms with E-state index in [9.17, 15) is 4.79 Å². The zero-order chi connectivity index (χ0) is 19.3. The first-order valence-corrected chi connectivity index (χ1v) is 8.80. The second kappa shape index (κ2) is 8.92. The molecular formula is C20H26ClN2O3+. The van der Waals surface area contributed by atoms with Gasteiger partial charge in [-0.15, -0.1) is 0 Å². The van der Waals surface area contributed by atoms with Gasteiger partial charge in [-0.3, -0.25) is 4.79 Å². The number of methoxy groups -OCH3 is 2. The molecule has 6 heteroatoms. The van der Waals surface area contributed by atoms with Crippen LogP contribution in [-0.4, -0.2) is 33.7 Å². The fraction of sp³-hybridized carbons (Fsp3) is 0.350. The van der Waals surface area contributed by atoms with Crippen LogP contribution in [0.3, 0.4) is 0 Å². The van der Waals surface area contributed by atoms with Crippen LogP contribution < -0.4 is 19.7 Å². The van der Waals surface area contributed by atoms with Gasteiger partial charge in [0.05, 0.1) is 32.0 Å². The van der Waals surface area contributed by atoms with E-state index in [0.29, 0.717) is 23.8 Å². The van der Waals surface area contributed by atoms with Gasteiger partial charge in [0.1, 0.15) is 18.0 Å². The minimum Gasteiger partial charge on any atom is -0.497 e. The van der Waals surface area contributed by atoms with E-state index in [4.69, 9.17) is 21.1 Å². The lowest BCUT2D eigenvalue weighted by Crippen LogP contribution is -3.08. The predicted molar refractivity (Wildman–Crippen MR) is 105 cm³/mol. The van der Waals surface area contributed by atoms with Crippen LogP contribution in [-0.2, 0) is 11.3 Å². The monoisotopic (exact) mass is 377 g/mol. The zero-order valence-corrected chi connectivity index (χ0v) is 16.7. The minimum atomic E-state index is -0.0798. The van der Waals surface area contributed by atoms with Crippen LogP contribution in [0.4, 0.5) is 5.69 Å². The van der Waals surface area contributed by atoms with Gasteiger partial charge in [0.15, 0.2) is 6.54 Å². The lowest BCUT2D eigenvalue weighted by molar-refractivity contribution is -0.885. The number of ether oxygens (including phenoxy) is 2. The summed E-state index contributed by atoms with van der Waals surface area (Å²) < 4.78 is 10.6. The fourth-order valence-electron chi connectivity index (χ4n) is 2.92. The predicted octanol–water partition coefficient (Wildman–Crippen LogP) is 2.63. The molecule has 0 aliphatic rings. The van der Waals surface area contributed by atoms with E-state index in [1.165, 1.54) is 0 Å². The average molecular weight is 378 g/mol. The second-order valence-corrected chi connectivity index (χ2v) is 6.88. The number of halogens is 1. The smallest absolute Gasteiger partial charge is 0.279 e. The van der Waals surface area contributed by atoms with Crippen molar-refractivity contribution in [2.45, 2.75) is 20.4 Å². The molecule has 0 spiro atoms. The number of benzene rings is 2. The fourth-order valence-corrected chi connectivity index (χ4v) is 3.29. The van der Waals surface area contributed by atoms with Crippen molar-refractivity contribution in [2.75, 3.05) is 33.1 Å². The molecule has 0 heterocycles. The average Bonchev–Trinajstić information content (AvgIpc) is 2.58. The molecule has 2 aromatic rings. The maximum absolute atomic E-state index is 12.4. The molecule has 0 fully saturated rings. The number of anilines is 1. The van der Waals surface area contributed by atoms with Gasteiger partial charge in [-0.2, -0.15) is 0 Å². The van der Waals surface area contributed by atoms with Gasteiger partial charge in [0, 0.05) is 11.6 Å². The highest BCUT2D eigenvalue weighted by Crippen LogP contribution is 2.27.